The Labute approximate surface area is 126 Å². The maximum atomic E-state index is 12.0. The lowest BCUT2D eigenvalue weighted by Gasteiger charge is -2.10. The zero-order chi connectivity index (χ0) is 15.2. The minimum absolute atomic E-state index is 0.163. The van der Waals surface area contributed by atoms with Crippen LogP contribution in [-0.4, -0.2) is 38.2 Å². The second kappa shape index (κ2) is 7.55. The summed E-state index contributed by atoms with van der Waals surface area (Å²) in [6.07, 6.45) is 1.86. The van der Waals surface area contributed by atoms with Gasteiger partial charge in [-0.25, -0.2) is 18.5 Å². The second-order valence-electron chi connectivity index (χ2n) is 4.06. The van der Waals surface area contributed by atoms with Crippen LogP contribution in [-0.2, 0) is 10.0 Å². The number of anilines is 1. The van der Waals surface area contributed by atoms with Gasteiger partial charge in [0.2, 0.25) is 10.0 Å². The Hall–Kier alpha value is -1.19. The van der Waals surface area contributed by atoms with Crippen LogP contribution in [0, 0.1) is 0 Å². The zero-order valence-electron chi connectivity index (χ0n) is 11.0. The fourth-order valence-corrected chi connectivity index (χ4v) is 2.37. The molecule has 4 N–H and O–H groups in total. The molecule has 0 aromatic carbocycles. The van der Waals surface area contributed by atoms with Crippen LogP contribution in [0.15, 0.2) is 16.7 Å². The van der Waals surface area contributed by atoms with Crippen molar-refractivity contribution in [3.05, 3.63) is 22.3 Å². The number of carbonyl (C=O) groups is 1. The van der Waals surface area contributed by atoms with E-state index >= 15 is 0 Å². The Morgan fingerprint density at radius 3 is 2.80 bits per heavy atom. The Morgan fingerprint density at radius 2 is 2.20 bits per heavy atom. The molecule has 0 spiro atoms. The van der Waals surface area contributed by atoms with Crippen molar-refractivity contribution < 1.29 is 13.2 Å². The van der Waals surface area contributed by atoms with E-state index in [2.05, 4.69) is 31.5 Å². The number of amides is 1. The van der Waals surface area contributed by atoms with Crippen LogP contribution in [0.2, 0.25) is 0 Å². The van der Waals surface area contributed by atoms with Crippen LogP contribution in [0.3, 0.4) is 0 Å². The molecule has 0 unspecified atom stereocenters. The van der Waals surface area contributed by atoms with Crippen molar-refractivity contribution in [3.63, 3.8) is 0 Å². The Kier molecular flexibility index (Phi) is 6.37. The van der Waals surface area contributed by atoms with Crippen LogP contribution >= 0.6 is 15.9 Å². The molecule has 1 amide bonds. The Bertz CT molecular complexity index is 577. The predicted molar refractivity (Wildman–Crippen MR) is 81.0 cm³/mol. The molecular weight excluding hydrogens is 348 g/mol. The number of aromatic nitrogens is 1. The molecule has 1 aromatic rings. The van der Waals surface area contributed by atoms with Crippen LogP contribution in [0.1, 0.15) is 23.7 Å². The molecule has 0 bridgehead atoms. The molecule has 0 aliphatic carbocycles. The Balaban J connectivity index is 2.65. The molecule has 0 fully saturated rings. The van der Waals surface area contributed by atoms with Gasteiger partial charge in [-0.05, 0) is 35.3 Å². The van der Waals surface area contributed by atoms with Crippen molar-refractivity contribution in [1.82, 2.24) is 10.3 Å². The largest absolute Gasteiger partial charge is 0.370 e. The lowest BCUT2D eigenvalue weighted by atomic mass is 10.2. The molecule has 1 heterocycles. The van der Waals surface area contributed by atoms with E-state index in [0.717, 1.165) is 0 Å². The predicted octanol–water partition coefficient (Wildman–Crippen LogP) is 0.684. The summed E-state index contributed by atoms with van der Waals surface area (Å²) < 4.78 is 22.2. The minimum atomic E-state index is -3.49. The molecule has 0 saturated carbocycles. The van der Waals surface area contributed by atoms with Crippen molar-refractivity contribution in [2.75, 3.05) is 24.2 Å². The first-order chi connectivity index (χ1) is 9.33. The molecule has 112 valence electrons. The molecule has 20 heavy (non-hydrogen) atoms. The van der Waals surface area contributed by atoms with Gasteiger partial charge in [0.15, 0.2) is 0 Å². The van der Waals surface area contributed by atoms with Gasteiger partial charge >= 0.3 is 0 Å². The third-order valence-corrected chi connectivity index (χ3v) is 3.63. The molecule has 0 saturated heterocycles. The lowest BCUT2D eigenvalue weighted by Crippen LogP contribution is -2.28. The molecule has 0 radical (unpaired) electrons. The molecule has 1 rings (SSSR count). The number of sulfonamides is 1. The second-order valence-corrected chi connectivity index (χ2v) is 6.71. The number of hydrogen-bond donors (Lipinski definition) is 3. The van der Waals surface area contributed by atoms with Gasteiger partial charge in [-0.15, -0.1) is 0 Å². The van der Waals surface area contributed by atoms with Crippen molar-refractivity contribution in [2.45, 2.75) is 13.3 Å². The maximum absolute atomic E-state index is 12.0. The number of primary sulfonamides is 1. The van der Waals surface area contributed by atoms with E-state index in [1.807, 2.05) is 6.92 Å². The first-order valence-electron chi connectivity index (χ1n) is 6.01. The molecule has 1 aromatic heterocycles. The molecule has 9 heteroatoms. The van der Waals surface area contributed by atoms with Gasteiger partial charge in [-0.2, -0.15) is 0 Å². The third-order valence-electron chi connectivity index (χ3n) is 2.33. The number of nitrogens with two attached hydrogens (primary N) is 1. The third kappa shape index (κ3) is 5.85. The lowest BCUT2D eigenvalue weighted by molar-refractivity contribution is 0.0954. The highest BCUT2D eigenvalue weighted by Gasteiger charge is 2.13. The highest BCUT2D eigenvalue weighted by molar-refractivity contribution is 9.10. The van der Waals surface area contributed by atoms with Gasteiger partial charge in [0, 0.05) is 23.8 Å². The standard InChI is InChI=1S/C11H17BrN4O3S/c1-2-14-10-9(6-8(12)7-16-10)11(17)15-4-3-5-20(13,18)19/h6-7H,2-5H2,1H3,(H,14,16)(H,15,17)(H2,13,18,19). The smallest absolute Gasteiger partial charge is 0.255 e. The number of nitrogens with zero attached hydrogens (tertiary/aromatic N) is 1. The monoisotopic (exact) mass is 364 g/mol. The summed E-state index contributed by atoms with van der Waals surface area (Å²) in [6, 6.07) is 1.65. The van der Waals surface area contributed by atoms with Crippen LogP contribution in [0.5, 0.6) is 0 Å². The van der Waals surface area contributed by atoms with Crippen LogP contribution in [0.4, 0.5) is 5.82 Å². The average molecular weight is 365 g/mol. The van der Waals surface area contributed by atoms with Crippen molar-refractivity contribution >= 4 is 37.7 Å². The number of hydrogen-bond acceptors (Lipinski definition) is 5. The number of rotatable bonds is 7. The molecule has 0 aliphatic rings. The first-order valence-corrected chi connectivity index (χ1v) is 8.52. The fraction of sp³-hybridized carbons (Fsp3) is 0.455. The van der Waals surface area contributed by atoms with Crippen molar-refractivity contribution in [3.8, 4) is 0 Å². The Morgan fingerprint density at radius 1 is 1.50 bits per heavy atom. The number of pyridine rings is 1. The van der Waals surface area contributed by atoms with Crippen LogP contribution < -0.4 is 15.8 Å². The number of halogens is 1. The topological polar surface area (TPSA) is 114 Å². The summed E-state index contributed by atoms with van der Waals surface area (Å²) in [5.74, 6) is 0.00758. The van der Waals surface area contributed by atoms with Crippen molar-refractivity contribution in [2.24, 2.45) is 5.14 Å². The number of carbonyl (C=O) groups excluding carboxylic acids is 1. The summed E-state index contributed by atoms with van der Waals surface area (Å²) in [6.45, 7) is 2.77. The summed E-state index contributed by atoms with van der Waals surface area (Å²) in [5, 5.41) is 10.5. The van der Waals surface area contributed by atoms with Gasteiger partial charge in [0.1, 0.15) is 5.82 Å². The molecule has 0 aliphatic heterocycles. The van der Waals surface area contributed by atoms with Crippen molar-refractivity contribution in [1.29, 1.82) is 0 Å². The summed E-state index contributed by atoms with van der Waals surface area (Å²) in [7, 11) is -3.49. The SMILES string of the molecule is CCNc1ncc(Br)cc1C(=O)NCCCS(N)(=O)=O. The minimum Gasteiger partial charge on any atom is -0.370 e. The van der Waals surface area contributed by atoms with Gasteiger partial charge in [-0.3, -0.25) is 4.79 Å². The van der Waals surface area contributed by atoms with E-state index in [4.69, 9.17) is 5.14 Å². The summed E-state index contributed by atoms with van der Waals surface area (Å²) in [4.78, 5) is 16.1. The van der Waals surface area contributed by atoms with Gasteiger partial charge in [0.25, 0.3) is 5.91 Å². The molecule has 7 nitrogen and oxygen atoms in total. The highest BCUT2D eigenvalue weighted by atomic mass is 79.9. The van der Waals surface area contributed by atoms with E-state index in [1.54, 1.807) is 12.3 Å². The average Bonchev–Trinajstić information content (AvgIpc) is 2.35. The van der Waals surface area contributed by atoms with E-state index < -0.39 is 10.0 Å². The fourth-order valence-electron chi connectivity index (χ4n) is 1.49. The molecule has 0 atom stereocenters. The normalized spacial score (nSPS) is 11.2. The van der Waals surface area contributed by atoms with E-state index in [-0.39, 0.29) is 24.6 Å². The number of nitrogens with one attached hydrogen (secondary N) is 2. The molecular formula is C11H17BrN4O3S. The zero-order valence-corrected chi connectivity index (χ0v) is 13.4. The first kappa shape index (κ1) is 16.9. The van der Waals surface area contributed by atoms with E-state index in [9.17, 15) is 13.2 Å². The summed E-state index contributed by atoms with van der Waals surface area (Å²) >= 11 is 3.26. The highest BCUT2D eigenvalue weighted by Crippen LogP contribution is 2.17. The van der Waals surface area contributed by atoms with Gasteiger partial charge in [0.05, 0.1) is 11.3 Å². The maximum Gasteiger partial charge on any atom is 0.255 e. The van der Waals surface area contributed by atoms with Crippen LogP contribution in [0.25, 0.3) is 0 Å². The van der Waals surface area contributed by atoms with E-state index in [0.29, 0.717) is 22.4 Å². The summed E-state index contributed by atoms with van der Waals surface area (Å²) in [5.41, 5.74) is 0.400. The quantitative estimate of drug-likeness (QED) is 0.615. The van der Waals surface area contributed by atoms with Gasteiger partial charge in [-0.1, -0.05) is 0 Å². The van der Waals surface area contributed by atoms with E-state index in [1.165, 1.54) is 0 Å². The van der Waals surface area contributed by atoms with Gasteiger partial charge < -0.3 is 10.6 Å².